The second kappa shape index (κ2) is 8.66. The van der Waals surface area contributed by atoms with Crippen molar-refractivity contribution in [3.8, 4) is 0 Å². The fraction of sp³-hybridized carbons (Fsp3) is 0.190. The minimum Gasteiger partial charge on any atom is -0.447 e. The predicted molar refractivity (Wildman–Crippen MR) is 116 cm³/mol. The van der Waals surface area contributed by atoms with Crippen molar-refractivity contribution in [2.45, 2.75) is 13.0 Å². The van der Waals surface area contributed by atoms with Crippen LogP contribution in [-0.2, 0) is 4.74 Å². The summed E-state index contributed by atoms with van der Waals surface area (Å²) in [5, 5.41) is 17.2. The topological polar surface area (TPSA) is 123 Å². The van der Waals surface area contributed by atoms with Crippen LogP contribution in [-0.4, -0.2) is 34.1 Å². The molecule has 1 saturated heterocycles. The van der Waals surface area contributed by atoms with E-state index in [0.717, 1.165) is 16.9 Å². The van der Waals surface area contributed by atoms with Gasteiger partial charge in [0.15, 0.2) is 0 Å². The van der Waals surface area contributed by atoms with Crippen LogP contribution in [0.3, 0.4) is 0 Å². The van der Waals surface area contributed by atoms with Gasteiger partial charge in [0.05, 0.1) is 17.5 Å². The molecule has 10 nitrogen and oxygen atoms in total. The Morgan fingerprint density at radius 1 is 1.10 bits per heavy atom. The summed E-state index contributed by atoms with van der Waals surface area (Å²) in [5.74, 6) is 0.910. The van der Waals surface area contributed by atoms with E-state index in [9.17, 15) is 14.9 Å². The number of non-ortho nitro benzene ring substituents is 1. The Bertz CT molecular complexity index is 1090. The van der Waals surface area contributed by atoms with Gasteiger partial charge in [-0.3, -0.25) is 15.0 Å². The van der Waals surface area contributed by atoms with Gasteiger partial charge in [-0.05, 0) is 42.8 Å². The van der Waals surface area contributed by atoms with Crippen LogP contribution in [0, 0.1) is 10.1 Å². The number of ether oxygens (including phenoxy) is 1. The summed E-state index contributed by atoms with van der Waals surface area (Å²) < 4.78 is 4.95. The number of amides is 1. The van der Waals surface area contributed by atoms with Crippen LogP contribution in [0.5, 0.6) is 0 Å². The average Bonchev–Trinajstić information content (AvgIpc) is 3.21. The van der Waals surface area contributed by atoms with Crippen LogP contribution in [0.25, 0.3) is 0 Å². The maximum absolute atomic E-state index is 11.7. The van der Waals surface area contributed by atoms with Gasteiger partial charge in [-0.15, -0.1) is 0 Å². The van der Waals surface area contributed by atoms with Crippen LogP contribution >= 0.6 is 0 Å². The number of nitro benzene ring substituents is 1. The fourth-order valence-corrected chi connectivity index (χ4v) is 3.14. The highest BCUT2D eigenvalue weighted by molar-refractivity contribution is 5.88. The highest BCUT2D eigenvalue weighted by atomic mass is 16.6. The molecule has 158 valence electrons. The number of nitro groups is 1. The fourth-order valence-electron chi connectivity index (χ4n) is 3.14. The average molecular weight is 420 g/mol. The lowest BCUT2D eigenvalue weighted by Gasteiger charge is -2.17. The number of hydrogen-bond acceptors (Lipinski definition) is 8. The van der Waals surface area contributed by atoms with Crippen molar-refractivity contribution in [1.82, 2.24) is 9.97 Å². The first-order valence-corrected chi connectivity index (χ1v) is 9.65. The third kappa shape index (κ3) is 4.69. The van der Waals surface area contributed by atoms with Gasteiger partial charge in [0, 0.05) is 29.7 Å². The van der Waals surface area contributed by atoms with E-state index in [-0.39, 0.29) is 11.7 Å². The van der Waals surface area contributed by atoms with Crippen LogP contribution < -0.4 is 15.5 Å². The van der Waals surface area contributed by atoms with E-state index in [1.54, 1.807) is 24.4 Å². The molecule has 0 saturated carbocycles. The molecule has 2 heterocycles. The number of hydrogen-bond donors (Lipinski definition) is 2. The molecule has 0 radical (unpaired) electrons. The number of aromatic nitrogens is 2. The Morgan fingerprint density at radius 3 is 2.39 bits per heavy atom. The lowest BCUT2D eigenvalue weighted by Crippen LogP contribution is -2.25. The Labute approximate surface area is 178 Å². The van der Waals surface area contributed by atoms with E-state index >= 15 is 0 Å². The second-order valence-corrected chi connectivity index (χ2v) is 6.92. The van der Waals surface area contributed by atoms with Crippen LogP contribution in [0.4, 0.5) is 33.6 Å². The lowest BCUT2D eigenvalue weighted by atomic mass is 10.1. The highest BCUT2D eigenvalue weighted by Gasteiger charge is 2.25. The molecule has 0 aliphatic carbocycles. The normalized spacial score (nSPS) is 14.1. The summed E-state index contributed by atoms with van der Waals surface area (Å²) >= 11 is 0. The quantitative estimate of drug-likeness (QED) is 0.429. The van der Waals surface area contributed by atoms with E-state index in [0.29, 0.717) is 24.9 Å². The summed E-state index contributed by atoms with van der Waals surface area (Å²) in [6.45, 7) is 2.80. The van der Waals surface area contributed by atoms with Crippen molar-refractivity contribution in [2.75, 3.05) is 28.7 Å². The minimum atomic E-state index is -0.427. The molecule has 1 amide bonds. The number of rotatable bonds is 7. The summed E-state index contributed by atoms with van der Waals surface area (Å²) in [6.07, 6.45) is 1.19. The zero-order valence-corrected chi connectivity index (χ0v) is 16.7. The van der Waals surface area contributed by atoms with Gasteiger partial charge >= 0.3 is 6.09 Å². The van der Waals surface area contributed by atoms with E-state index in [1.165, 1.54) is 17.0 Å². The van der Waals surface area contributed by atoms with Gasteiger partial charge in [0.1, 0.15) is 12.4 Å². The van der Waals surface area contributed by atoms with Crippen LogP contribution in [0.15, 0.2) is 60.8 Å². The van der Waals surface area contributed by atoms with E-state index in [2.05, 4.69) is 20.6 Å². The summed E-state index contributed by atoms with van der Waals surface area (Å²) in [7, 11) is 0. The molecule has 31 heavy (non-hydrogen) atoms. The third-order valence-corrected chi connectivity index (χ3v) is 4.80. The number of benzene rings is 2. The largest absolute Gasteiger partial charge is 0.447 e. The molecule has 2 N–H and O–H groups in total. The standard InChI is InChI=1S/C21H20N6O4/c1-14(23-20-22-11-10-19(25-20)26-12-13-31-21(26)28)15-2-4-16(5-3-15)24-17-6-8-18(9-7-17)27(29)30/h2-11,14,24H,12-13H2,1H3,(H,22,23,25)/t14-/m0/s1. The minimum absolute atomic E-state index is 0.0497. The molecule has 2 aromatic carbocycles. The molecule has 0 spiro atoms. The Kier molecular flexibility index (Phi) is 5.61. The molecular weight excluding hydrogens is 400 g/mol. The monoisotopic (exact) mass is 420 g/mol. The molecule has 0 bridgehead atoms. The first-order chi connectivity index (χ1) is 15.0. The van der Waals surface area contributed by atoms with Crippen molar-refractivity contribution in [1.29, 1.82) is 0 Å². The number of nitrogens with one attached hydrogen (secondary N) is 2. The second-order valence-electron chi connectivity index (χ2n) is 6.92. The zero-order chi connectivity index (χ0) is 21.8. The van der Waals surface area contributed by atoms with Crippen molar-refractivity contribution in [3.63, 3.8) is 0 Å². The summed E-state index contributed by atoms with van der Waals surface area (Å²) in [4.78, 5) is 32.2. The molecule has 0 unspecified atom stereocenters. The van der Waals surface area contributed by atoms with Gasteiger partial charge in [0.2, 0.25) is 5.95 Å². The van der Waals surface area contributed by atoms with Crippen molar-refractivity contribution in [3.05, 3.63) is 76.5 Å². The van der Waals surface area contributed by atoms with Crippen molar-refractivity contribution >= 4 is 34.9 Å². The third-order valence-electron chi connectivity index (χ3n) is 4.80. The van der Waals surface area contributed by atoms with Gasteiger partial charge < -0.3 is 15.4 Å². The number of cyclic esters (lactones) is 1. The smallest absolute Gasteiger partial charge is 0.415 e. The summed E-state index contributed by atoms with van der Waals surface area (Å²) in [6, 6.07) is 15.6. The molecule has 1 atom stereocenters. The van der Waals surface area contributed by atoms with Crippen LogP contribution in [0.2, 0.25) is 0 Å². The van der Waals surface area contributed by atoms with Gasteiger partial charge in [-0.1, -0.05) is 12.1 Å². The molecule has 1 fully saturated rings. The first kappa shape index (κ1) is 20.1. The SMILES string of the molecule is C[C@H](Nc1nccc(N2CCOC2=O)n1)c1ccc(Nc2ccc([N+](=O)[O-])cc2)cc1. The number of nitrogens with zero attached hydrogens (tertiary/aromatic N) is 4. The van der Waals surface area contributed by atoms with Crippen molar-refractivity contribution < 1.29 is 14.5 Å². The molecule has 1 aromatic heterocycles. The lowest BCUT2D eigenvalue weighted by molar-refractivity contribution is -0.384. The zero-order valence-electron chi connectivity index (χ0n) is 16.7. The van der Waals surface area contributed by atoms with Gasteiger partial charge in [-0.25, -0.2) is 9.78 Å². The molecular formula is C21H20N6O4. The molecule has 3 aromatic rings. The number of anilines is 4. The van der Waals surface area contributed by atoms with Gasteiger partial charge in [-0.2, -0.15) is 4.98 Å². The molecule has 4 rings (SSSR count). The van der Waals surface area contributed by atoms with E-state index in [1.807, 2.05) is 31.2 Å². The van der Waals surface area contributed by atoms with Gasteiger partial charge in [0.25, 0.3) is 5.69 Å². The molecule has 1 aliphatic heterocycles. The Balaban J connectivity index is 1.40. The Hall–Kier alpha value is -4.21. The molecule has 10 heteroatoms. The van der Waals surface area contributed by atoms with Crippen LogP contribution in [0.1, 0.15) is 18.5 Å². The summed E-state index contributed by atoms with van der Waals surface area (Å²) in [5.41, 5.74) is 2.68. The van der Waals surface area contributed by atoms with E-state index < -0.39 is 11.0 Å². The number of carbonyl (C=O) groups is 1. The van der Waals surface area contributed by atoms with E-state index in [4.69, 9.17) is 4.74 Å². The first-order valence-electron chi connectivity index (χ1n) is 9.65. The highest BCUT2D eigenvalue weighted by Crippen LogP contribution is 2.24. The maximum atomic E-state index is 11.7. The predicted octanol–water partition coefficient (Wildman–Crippen LogP) is 4.26. The Morgan fingerprint density at radius 2 is 1.77 bits per heavy atom. The number of carbonyl (C=O) groups excluding carboxylic acids is 1. The van der Waals surface area contributed by atoms with Crippen molar-refractivity contribution in [2.24, 2.45) is 0 Å². The molecule has 1 aliphatic rings. The maximum Gasteiger partial charge on any atom is 0.415 e.